The number of aromatic nitrogens is 2. The lowest BCUT2D eigenvalue weighted by atomic mass is 10.0. The molecule has 1 aromatic carbocycles. The number of aromatic amines is 1. The minimum Gasteiger partial charge on any atom is -0.480 e. The quantitative estimate of drug-likeness (QED) is 0.277. The average Bonchev–Trinajstić information content (AvgIpc) is 3.55. The van der Waals surface area contributed by atoms with Crippen molar-refractivity contribution in [1.29, 1.82) is 0 Å². The summed E-state index contributed by atoms with van der Waals surface area (Å²) in [6.45, 7) is 4.07. The third-order valence-electron chi connectivity index (χ3n) is 6.39. The van der Waals surface area contributed by atoms with E-state index in [0.717, 1.165) is 5.56 Å². The summed E-state index contributed by atoms with van der Waals surface area (Å²) in [7, 11) is 0. The number of aliphatic carboxylic acids is 1. The number of nitrogens with two attached hydrogens (primary N) is 1. The third kappa shape index (κ3) is 7.88. The van der Waals surface area contributed by atoms with E-state index in [1.165, 1.54) is 11.2 Å². The van der Waals surface area contributed by atoms with Gasteiger partial charge in [0.2, 0.25) is 17.7 Å². The minimum absolute atomic E-state index is 0.0665. The van der Waals surface area contributed by atoms with E-state index >= 15 is 0 Å². The van der Waals surface area contributed by atoms with Crippen LogP contribution in [0.25, 0.3) is 0 Å². The highest BCUT2D eigenvalue weighted by atomic mass is 16.4. The number of carbonyl (C=O) groups is 4. The van der Waals surface area contributed by atoms with Gasteiger partial charge in [0.1, 0.15) is 18.1 Å². The molecule has 3 rings (SSSR count). The lowest BCUT2D eigenvalue weighted by Gasteiger charge is -2.30. The maximum absolute atomic E-state index is 13.6. The summed E-state index contributed by atoms with van der Waals surface area (Å²) in [5.41, 5.74) is 7.68. The Labute approximate surface area is 216 Å². The van der Waals surface area contributed by atoms with E-state index in [-0.39, 0.29) is 18.8 Å². The van der Waals surface area contributed by atoms with Gasteiger partial charge in [-0.15, -0.1) is 0 Å². The van der Waals surface area contributed by atoms with E-state index < -0.39 is 47.9 Å². The van der Waals surface area contributed by atoms with Gasteiger partial charge in [-0.05, 0) is 37.2 Å². The van der Waals surface area contributed by atoms with Gasteiger partial charge in [-0.2, -0.15) is 0 Å². The van der Waals surface area contributed by atoms with E-state index in [1.807, 2.05) is 44.2 Å². The first-order valence-electron chi connectivity index (χ1n) is 12.6. The lowest BCUT2D eigenvalue weighted by Crippen LogP contribution is -2.57. The van der Waals surface area contributed by atoms with Gasteiger partial charge in [0.05, 0.1) is 12.4 Å². The fraction of sp³-hybridized carbons (Fsp3) is 0.500. The fourth-order valence-electron chi connectivity index (χ4n) is 4.52. The van der Waals surface area contributed by atoms with Crippen LogP contribution >= 0.6 is 0 Å². The first kappa shape index (κ1) is 27.9. The second kappa shape index (κ2) is 13.0. The van der Waals surface area contributed by atoms with Crippen LogP contribution in [0.3, 0.4) is 0 Å². The number of likely N-dealkylation sites (tertiary alicyclic amines) is 1. The summed E-state index contributed by atoms with van der Waals surface area (Å²) in [6.07, 6.45) is 4.76. The van der Waals surface area contributed by atoms with Gasteiger partial charge in [0.15, 0.2) is 0 Å². The number of imidazole rings is 1. The van der Waals surface area contributed by atoms with Crippen LogP contribution in [0, 0.1) is 5.92 Å². The van der Waals surface area contributed by atoms with E-state index in [9.17, 15) is 24.3 Å². The van der Waals surface area contributed by atoms with Crippen molar-refractivity contribution in [2.75, 3.05) is 6.54 Å². The van der Waals surface area contributed by atoms with Crippen molar-refractivity contribution in [3.63, 3.8) is 0 Å². The first-order valence-corrected chi connectivity index (χ1v) is 12.6. The summed E-state index contributed by atoms with van der Waals surface area (Å²) in [5, 5.41) is 14.9. The summed E-state index contributed by atoms with van der Waals surface area (Å²) in [6, 6.07) is 5.63. The number of carbonyl (C=O) groups excluding carboxylic acids is 3. The molecule has 2 heterocycles. The molecular weight excluding hydrogens is 476 g/mol. The summed E-state index contributed by atoms with van der Waals surface area (Å²) in [5.74, 6) is -2.47. The zero-order valence-corrected chi connectivity index (χ0v) is 21.2. The molecule has 6 N–H and O–H groups in total. The highest BCUT2D eigenvalue weighted by Gasteiger charge is 2.39. The molecule has 0 radical (unpaired) electrons. The molecule has 1 fully saturated rings. The zero-order chi connectivity index (χ0) is 26.9. The monoisotopic (exact) mass is 512 g/mol. The standard InChI is InChI=1S/C26H36N6O5/c1-16(2)11-21(26(36)37)31-24(34)22-9-6-10-32(22)25(35)20(13-18-14-28-15-29-18)30-23(33)19(27)12-17-7-4-3-5-8-17/h3-5,7-8,14-16,19-22H,6,9-13,27H2,1-2H3,(H,28,29)(H,30,33)(H,31,34)(H,36,37). The van der Waals surface area contributed by atoms with E-state index in [2.05, 4.69) is 20.6 Å². The zero-order valence-electron chi connectivity index (χ0n) is 21.2. The Kier molecular flexibility index (Phi) is 9.78. The largest absolute Gasteiger partial charge is 0.480 e. The van der Waals surface area contributed by atoms with Crippen molar-refractivity contribution < 1.29 is 24.3 Å². The van der Waals surface area contributed by atoms with E-state index in [4.69, 9.17) is 5.73 Å². The van der Waals surface area contributed by atoms with Crippen LogP contribution < -0.4 is 16.4 Å². The van der Waals surface area contributed by atoms with Crippen molar-refractivity contribution in [3.8, 4) is 0 Å². The topological polar surface area (TPSA) is 171 Å². The Bertz CT molecular complexity index is 1060. The number of benzene rings is 1. The Morgan fingerprint density at radius 2 is 1.86 bits per heavy atom. The Balaban J connectivity index is 1.73. The van der Waals surface area contributed by atoms with Crippen LogP contribution in [0.15, 0.2) is 42.9 Å². The number of carboxylic acid groups (broad SMARTS) is 1. The van der Waals surface area contributed by atoms with Crippen LogP contribution in [0.5, 0.6) is 0 Å². The second-order valence-corrected chi connectivity index (χ2v) is 9.86. The molecule has 200 valence electrons. The van der Waals surface area contributed by atoms with Crippen molar-refractivity contribution in [1.82, 2.24) is 25.5 Å². The van der Waals surface area contributed by atoms with Crippen LogP contribution in [-0.4, -0.2) is 74.4 Å². The predicted molar refractivity (Wildman–Crippen MR) is 136 cm³/mol. The molecule has 1 aliphatic rings. The third-order valence-corrected chi connectivity index (χ3v) is 6.39. The fourth-order valence-corrected chi connectivity index (χ4v) is 4.52. The second-order valence-electron chi connectivity index (χ2n) is 9.86. The molecule has 11 heteroatoms. The molecule has 4 unspecified atom stereocenters. The van der Waals surface area contributed by atoms with Gasteiger partial charge < -0.3 is 31.4 Å². The van der Waals surface area contributed by atoms with Gasteiger partial charge in [0, 0.05) is 24.9 Å². The van der Waals surface area contributed by atoms with Crippen LogP contribution in [0.4, 0.5) is 0 Å². The highest BCUT2D eigenvalue weighted by molar-refractivity contribution is 5.94. The molecule has 37 heavy (non-hydrogen) atoms. The number of amides is 3. The van der Waals surface area contributed by atoms with Crippen molar-refractivity contribution >= 4 is 23.7 Å². The highest BCUT2D eigenvalue weighted by Crippen LogP contribution is 2.20. The average molecular weight is 513 g/mol. The number of hydrogen-bond acceptors (Lipinski definition) is 6. The SMILES string of the molecule is CC(C)CC(NC(=O)C1CCCN1C(=O)C(Cc1cnc[nH]1)NC(=O)C(N)Cc1ccccc1)C(=O)O. The van der Waals surface area contributed by atoms with Crippen molar-refractivity contribution in [3.05, 3.63) is 54.1 Å². The number of carboxylic acids is 1. The van der Waals surface area contributed by atoms with Crippen LogP contribution in [-0.2, 0) is 32.0 Å². The summed E-state index contributed by atoms with van der Waals surface area (Å²) < 4.78 is 0. The number of hydrogen-bond donors (Lipinski definition) is 5. The maximum Gasteiger partial charge on any atom is 0.326 e. The molecule has 0 bridgehead atoms. The summed E-state index contributed by atoms with van der Waals surface area (Å²) >= 11 is 0. The van der Waals surface area contributed by atoms with Crippen LogP contribution in [0.2, 0.25) is 0 Å². The molecule has 0 aliphatic carbocycles. The molecule has 3 amide bonds. The number of nitrogens with one attached hydrogen (secondary N) is 3. The molecule has 1 aliphatic heterocycles. The molecular formula is C26H36N6O5. The van der Waals surface area contributed by atoms with E-state index in [0.29, 0.717) is 31.5 Å². The van der Waals surface area contributed by atoms with Crippen LogP contribution in [0.1, 0.15) is 44.4 Å². The number of rotatable bonds is 12. The molecule has 1 aromatic heterocycles. The van der Waals surface area contributed by atoms with Gasteiger partial charge in [0.25, 0.3) is 0 Å². The van der Waals surface area contributed by atoms with Crippen molar-refractivity contribution in [2.45, 2.75) is 70.1 Å². The molecule has 2 aromatic rings. The summed E-state index contributed by atoms with van der Waals surface area (Å²) in [4.78, 5) is 59.6. The number of nitrogens with zero attached hydrogens (tertiary/aromatic N) is 2. The van der Waals surface area contributed by atoms with Gasteiger partial charge >= 0.3 is 5.97 Å². The maximum atomic E-state index is 13.6. The smallest absolute Gasteiger partial charge is 0.326 e. The van der Waals surface area contributed by atoms with Crippen molar-refractivity contribution in [2.24, 2.45) is 11.7 Å². The lowest BCUT2D eigenvalue weighted by molar-refractivity contribution is -0.145. The van der Waals surface area contributed by atoms with Gasteiger partial charge in [-0.3, -0.25) is 14.4 Å². The Morgan fingerprint density at radius 3 is 2.49 bits per heavy atom. The molecule has 1 saturated heterocycles. The predicted octanol–water partition coefficient (Wildman–Crippen LogP) is 0.614. The molecule has 0 spiro atoms. The molecule has 0 saturated carbocycles. The first-order chi connectivity index (χ1) is 17.7. The molecule has 4 atom stereocenters. The van der Waals surface area contributed by atoms with Gasteiger partial charge in [-0.1, -0.05) is 44.2 Å². The Morgan fingerprint density at radius 1 is 1.14 bits per heavy atom. The minimum atomic E-state index is -1.12. The van der Waals surface area contributed by atoms with Gasteiger partial charge in [-0.25, -0.2) is 9.78 Å². The number of H-pyrrole nitrogens is 1. The Hall–Kier alpha value is -3.73. The normalized spacial score (nSPS) is 17.7. The molecule has 11 nitrogen and oxygen atoms in total. The van der Waals surface area contributed by atoms with E-state index in [1.54, 1.807) is 6.20 Å².